The fourth-order valence-corrected chi connectivity index (χ4v) is 3.32. The van der Waals surface area contributed by atoms with Gasteiger partial charge in [0.25, 0.3) is 0 Å². The van der Waals surface area contributed by atoms with Gasteiger partial charge in [0.05, 0.1) is 0 Å². The SMILES string of the molecule is CC(CNC(=O)C1C(C)(C)C1(C)C)(C(=O)O)c1ccccc1. The summed E-state index contributed by atoms with van der Waals surface area (Å²) in [6.07, 6.45) is 0. The summed E-state index contributed by atoms with van der Waals surface area (Å²) < 4.78 is 0. The van der Waals surface area contributed by atoms with Crippen molar-refractivity contribution in [2.24, 2.45) is 16.7 Å². The molecular weight excluding hydrogens is 278 g/mol. The molecule has 1 aliphatic carbocycles. The summed E-state index contributed by atoms with van der Waals surface area (Å²) in [6, 6.07) is 9.03. The van der Waals surface area contributed by atoms with Crippen LogP contribution >= 0.6 is 0 Å². The van der Waals surface area contributed by atoms with Crippen molar-refractivity contribution >= 4 is 11.9 Å². The van der Waals surface area contributed by atoms with Gasteiger partial charge in [-0.15, -0.1) is 0 Å². The van der Waals surface area contributed by atoms with E-state index in [1.54, 1.807) is 19.1 Å². The van der Waals surface area contributed by atoms with E-state index in [9.17, 15) is 14.7 Å². The maximum Gasteiger partial charge on any atom is 0.315 e. The van der Waals surface area contributed by atoms with Crippen LogP contribution in [-0.4, -0.2) is 23.5 Å². The Labute approximate surface area is 131 Å². The van der Waals surface area contributed by atoms with Gasteiger partial charge in [-0.2, -0.15) is 0 Å². The first-order valence-corrected chi connectivity index (χ1v) is 7.62. The lowest BCUT2D eigenvalue weighted by Crippen LogP contribution is -2.45. The largest absolute Gasteiger partial charge is 0.481 e. The Kier molecular flexibility index (Phi) is 3.84. The standard InChI is InChI=1S/C18H25NO3/c1-16(2)13(17(16,3)4)14(20)19-11-18(5,15(21)22)12-9-7-6-8-10-12/h6-10,13H,11H2,1-5H3,(H,19,20)(H,21,22). The van der Waals surface area contributed by atoms with Crippen LogP contribution in [0.4, 0.5) is 0 Å². The third kappa shape index (κ3) is 2.40. The highest BCUT2D eigenvalue weighted by Gasteiger charge is 2.68. The monoisotopic (exact) mass is 303 g/mol. The molecule has 4 nitrogen and oxygen atoms in total. The summed E-state index contributed by atoms with van der Waals surface area (Å²) in [5.74, 6) is -1.07. The molecule has 0 heterocycles. The molecule has 0 radical (unpaired) electrons. The normalized spacial score (nSPS) is 21.7. The highest BCUT2D eigenvalue weighted by atomic mass is 16.4. The zero-order chi connectivity index (χ0) is 16.8. The van der Waals surface area contributed by atoms with Gasteiger partial charge in [0.15, 0.2) is 0 Å². The zero-order valence-electron chi connectivity index (χ0n) is 13.9. The van der Waals surface area contributed by atoms with Gasteiger partial charge in [-0.25, -0.2) is 0 Å². The summed E-state index contributed by atoms with van der Waals surface area (Å²) in [4.78, 5) is 24.2. The van der Waals surface area contributed by atoms with Crippen molar-refractivity contribution in [3.8, 4) is 0 Å². The van der Waals surface area contributed by atoms with E-state index in [1.807, 2.05) is 18.2 Å². The average molecular weight is 303 g/mol. The van der Waals surface area contributed by atoms with Crippen molar-refractivity contribution in [3.05, 3.63) is 35.9 Å². The lowest BCUT2D eigenvalue weighted by atomic mass is 9.82. The minimum Gasteiger partial charge on any atom is -0.481 e. The highest BCUT2D eigenvalue weighted by Crippen LogP contribution is 2.68. The molecule has 1 aliphatic rings. The number of carboxylic acids is 1. The number of nitrogens with one attached hydrogen (secondary N) is 1. The van der Waals surface area contributed by atoms with Gasteiger partial charge >= 0.3 is 5.97 Å². The van der Waals surface area contributed by atoms with Gasteiger partial charge in [-0.3, -0.25) is 9.59 Å². The quantitative estimate of drug-likeness (QED) is 0.879. The van der Waals surface area contributed by atoms with Gasteiger partial charge in [-0.1, -0.05) is 58.0 Å². The Balaban J connectivity index is 2.12. The number of hydrogen-bond donors (Lipinski definition) is 2. The molecule has 0 aromatic heterocycles. The molecule has 2 N–H and O–H groups in total. The number of carbonyl (C=O) groups excluding carboxylic acids is 1. The molecule has 1 unspecified atom stereocenters. The molecule has 0 aliphatic heterocycles. The second kappa shape index (κ2) is 5.11. The Morgan fingerprint density at radius 2 is 1.64 bits per heavy atom. The maximum atomic E-state index is 12.4. The van der Waals surface area contributed by atoms with Crippen LogP contribution in [0.25, 0.3) is 0 Å². The molecule has 1 amide bonds. The lowest BCUT2D eigenvalue weighted by Gasteiger charge is -2.26. The van der Waals surface area contributed by atoms with Crippen LogP contribution in [0.15, 0.2) is 30.3 Å². The summed E-state index contributed by atoms with van der Waals surface area (Å²) in [5, 5.41) is 12.5. The van der Waals surface area contributed by atoms with E-state index in [-0.39, 0.29) is 29.2 Å². The van der Waals surface area contributed by atoms with E-state index in [2.05, 4.69) is 33.0 Å². The van der Waals surface area contributed by atoms with Crippen LogP contribution in [0.1, 0.15) is 40.2 Å². The smallest absolute Gasteiger partial charge is 0.315 e. The molecule has 1 fully saturated rings. The van der Waals surface area contributed by atoms with Crippen LogP contribution in [0.5, 0.6) is 0 Å². The van der Waals surface area contributed by atoms with Gasteiger partial charge in [0, 0.05) is 12.5 Å². The third-order valence-electron chi connectivity index (χ3n) is 5.78. The van der Waals surface area contributed by atoms with Crippen molar-refractivity contribution < 1.29 is 14.7 Å². The number of rotatable bonds is 5. The molecule has 4 heteroatoms. The van der Waals surface area contributed by atoms with Crippen molar-refractivity contribution in [2.45, 2.75) is 40.0 Å². The summed E-state index contributed by atoms with van der Waals surface area (Å²) in [5.41, 5.74) is -0.537. The van der Waals surface area contributed by atoms with E-state index in [4.69, 9.17) is 0 Å². The molecule has 2 rings (SSSR count). The van der Waals surface area contributed by atoms with Crippen molar-refractivity contribution in [3.63, 3.8) is 0 Å². The van der Waals surface area contributed by atoms with E-state index in [0.717, 1.165) is 0 Å². The van der Waals surface area contributed by atoms with E-state index >= 15 is 0 Å². The molecule has 0 saturated heterocycles. The number of carboxylic acid groups (broad SMARTS) is 1. The van der Waals surface area contributed by atoms with E-state index in [1.165, 1.54) is 0 Å². The summed E-state index contributed by atoms with van der Waals surface area (Å²) in [7, 11) is 0. The molecule has 22 heavy (non-hydrogen) atoms. The highest BCUT2D eigenvalue weighted by molar-refractivity contribution is 5.86. The van der Waals surface area contributed by atoms with Gasteiger partial charge in [0.2, 0.25) is 5.91 Å². The van der Waals surface area contributed by atoms with Crippen LogP contribution in [0.2, 0.25) is 0 Å². The van der Waals surface area contributed by atoms with E-state index < -0.39 is 11.4 Å². The fraction of sp³-hybridized carbons (Fsp3) is 0.556. The van der Waals surface area contributed by atoms with Gasteiger partial charge < -0.3 is 10.4 Å². The van der Waals surface area contributed by atoms with Crippen LogP contribution in [0.3, 0.4) is 0 Å². The zero-order valence-corrected chi connectivity index (χ0v) is 13.9. The Morgan fingerprint density at radius 1 is 1.14 bits per heavy atom. The predicted octanol–water partition coefficient (Wildman–Crippen LogP) is 2.83. The second-order valence-electron chi connectivity index (χ2n) is 7.60. The first-order chi connectivity index (χ1) is 10.0. The molecule has 1 saturated carbocycles. The topological polar surface area (TPSA) is 66.4 Å². The minimum absolute atomic E-state index is 0.0521. The van der Waals surface area contributed by atoms with Crippen molar-refractivity contribution in [1.29, 1.82) is 0 Å². The molecule has 0 spiro atoms. The lowest BCUT2D eigenvalue weighted by molar-refractivity contribution is -0.143. The van der Waals surface area contributed by atoms with Crippen molar-refractivity contribution in [1.82, 2.24) is 5.32 Å². The Bertz CT molecular complexity index is 578. The average Bonchev–Trinajstić information content (AvgIpc) is 2.86. The number of carbonyl (C=O) groups is 2. The summed E-state index contributed by atoms with van der Waals surface area (Å²) >= 11 is 0. The van der Waals surface area contributed by atoms with Crippen LogP contribution in [0, 0.1) is 16.7 Å². The van der Waals surface area contributed by atoms with Gasteiger partial charge in [0.1, 0.15) is 5.41 Å². The van der Waals surface area contributed by atoms with Gasteiger partial charge in [-0.05, 0) is 23.3 Å². The Hall–Kier alpha value is -1.84. The molecule has 0 bridgehead atoms. The number of amides is 1. The molecule has 1 atom stereocenters. The summed E-state index contributed by atoms with van der Waals surface area (Å²) in [6.45, 7) is 10.0. The second-order valence-corrected chi connectivity index (χ2v) is 7.60. The predicted molar refractivity (Wildman–Crippen MR) is 85.5 cm³/mol. The first kappa shape index (κ1) is 16.5. The Morgan fingerprint density at radius 3 is 2.05 bits per heavy atom. The first-order valence-electron chi connectivity index (χ1n) is 7.62. The molecular formula is C18H25NO3. The number of hydrogen-bond acceptors (Lipinski definition) is 2. The molecule has 1 aromatic rings. The maximum absolute atomic E-state index is 12.4. The molecule has 120 valence electrons. The van der Waals surface area contributed by atoms with E-state index in [0.29, 0.717) is 5.56 Å². The number of benzene rings is 1. The molecule has 1 aromatic carbocycles. The van der Waals surface area contributed by atoms with Crippen molar-refractivity contribution in [2.75, 3.05) is 6.54 Å². The number of aliphatic carboxylic acids is 1. The van der Waals surface area contributed by atoms with Crippen LogP contribution < -0.4 is 5.32 Å². The van der Waals surface area contributed by atoms with Crippen LogP contribution in [-0.2, 0) is 15.0 Å². The fourth-order valence-electron chi connectivity index (χ4n) is 3.32. The third-order valence-corrected chi connectivity index (χ3v) is 5.78. The minimum atomic E-state index is -1.12.